The number of benzene rings is 2. The largest absolute Gasteiger partial charge is 0.504 e. The summed E-state index contributed by atoms with van der Waals surface area (Å²) in [6, 6.07) is 14.3. The van der Waals surface area contributed by atoms with E-state index < -0.39 is 17.1 Å². The van der Waals surface area contributed by atoms with E-state index in [0.717, 1.165) is 43.8 Å². The lowest BCUT2D eigenvalue weighted by atomic mass is 9.33. The highest BCUT2D eigenvalue weighted by atomic mass is 16.6. The smallest absolute Gasteiger partial charge is 0.165 e. The number of phenols is 1. The van der Waals surface area contributed by atoms with Gasteiger partial charge in [-0.05, 0) is 61.8 Å². The van der Waals surface area contributed by atoms with Gasteiger partial charge in [0.25, 0.3) is 0 Å². The summed E-state index contributed by atoms with van der Waals surface area (Å²) in [5.74, 6) is 1.69. The number of piperidine rings is 1. The molecule has 5 aliphatic carbocycles. The maximum atomic E-state index is 12.1. The Bertz CT molecular complexity index is 1290. The zero-order valence-electron chi connectivity index (χ0n) is 21.1. The first kappa shape index (κ1) is 21.7. The third-order valence-electron chi connectivity index (χ3n) is 11.2. The van der Waals surface area contributed by atoms with E-state index in [1.165, 1.54) is 24.0 Å². The molecule has 7 aliphatic rings. The van der Waals surface area contributed by atoms with Crippen molar-refractivity contribution in [3.8, 4) is 11.5 Å². The van der Waals surface area contributed by atoms with Crippen LogP contribution in [-0.4, -0.2) is 53.1 Å². The van der Waals surface area contributed by atoms with Crippen LogP contribution in [0.25, 0.3) is 0 Å². The first-order valence-corrected chi connectivity index (χ1v) is 13.6. The molecule has 2 saturated carbocycles. The van der Waals surface area contributed by atoms with Crippen LogP contribution < -0.4 is 4.74 Å². The van der Waals surface area contributed by atoms with Crippen molar-refractivity contribution < 1.29 is 19.7 Å². The van der Waals surface area contributed by atoms with Gasteiger partial charge in [-0.2, -0.15) is 0 Å². The van der Waals surface area contributed by atoms with E-state index >= 15 is 0 Å². The van der Waals surface area contributed by atoms with Crippen molar-refractivity contribution in [3.05, 3.63) is 71.3 Å². The summed E-state index contributed by atoms with van der Waals surface area (Å²) in [6.45, 7) is 4.41. The normalized spacial score (nSPS) is 42.2. The molecule has 7 atom stereocenters. The summed E-state index contributed by atoms with van der Waals surface area (Å²) >= 11 is 0. The van der Waals surface area contributed by atoms with Crippen LogP contribution in [-0.2, 0) is 16.6 Å². The van der Waals surface area contributed by atoms with Gasteiger partial charge in [0.1, 0.15) is 11.7 Å². The van der Waals surface area contributed by atoms with Crippen LogP contribution in [0.3, 0.4) is 0 Å². The van der Waals surface area contributed by atoms with Crippen LogP contribution in [0.5, 0.6) is 11.5 Å². The Kier molecular flexibility index (Phi) is 4.07. The first-order chi connectivity index (χ1) is 17.4. The van der Waals surface area contributed by atoms with Gasteiger partial charge in [0, 0.05) is 36.1 Å². The van der Waals surface area contributed by atoms with Gasteiger partial charge in [0.05, 0.1) is 11.5 Å². The molecular weight excluding hydrogens is 450 g/mol. The van der Waals surface area contributed by atoms with E-state index in [9.17, 15) is 10.2 Å². The van der Waals surface area contributed by atoms with E-state index in [0.29, 0.717) is 11.8 Å². The van der Waals surface area contributed by atoms with Gasteiger partial charge in [-0.25, -0.2) is 0 Å². The van der Waals surface area contributed by atoms with E-state index in [4.69, 9.17) is 9.47 Å². The summed E-state index contributed by atoms with van der Waals surface area (Å²) in [5, 5.41) is 23.1. The van der Waals surface area contributed by atoms with Gasteiger partial charge in [-0.3, -0.25) is 4.90 Å². The Hall–Kier alpha value is -2.34. The maximum absolute atomic E-state index is 12.1. The number of aromatic hydroxyl groups is 1. The van der Waals surface area contributed by atoms with Crippen molar-refractivity contribution >= 4 is 0 Å². The van der Waals surface area contributed by atoms with E-state index in [2.05, 4.69) is 30.0 Å². The van der Waals surface area contributed by atoms with Crippen LogP contribution in [0.2, 0.25) is 0 Å². The molecule has 0 unspecified atom stereocenters. The molecule has 2 aromatic carbocycles. The number of hydrogen-bond donors (Lipinski definition) is 2. The number of aliphatic hydroxyl groups is 1. The van der Waals surface area contributed by atoms with Crippen molar-refractivity contribution in [2.24, 2.45) is 16.7 Å². The Labute approximate surface area is 212 Å². The molecule has 2 spiro atoms. The number of hydrogen-bond acceptors (Lipinski definition) is 5. The predicted molar refractivity (Wildman–Crippen MR) is 136 cm³/mol. The lowest BCUT2D eigenvalue weighted by Crippen LogP contribution is -2.81. The molecule has 2 aliphatic heterocycles. The van der Waals surface area contributed by atoms with E-state index in [-0.39, 0.29) is 22.7 Å². The Morgan fingerprint density at radius 2 is 1.94 bits per heavy atom. The molecular formula is C31H35NO4. The minimum Gasteiger partial charge on any atom is -0.504 e. The zero-order valence-corrected chi connectivity index (χ0v) is 21.1. The molecule has 0 aromatic heterocycles. The van der Waals surface area contributed by atoms with E-state index in [1.807, 2.05) is 36.4 Å². The molecule has 2 N–H and O–H groups in total. The number of aliphatic hydroxyl groups excluding tert-OH is 1. The summed E-state index contributed by atoms with van der Waals surface area (Å²) < 4.78 is 13.4. The first-order valence-electron chi connectivity index (χ1n) is 13.6. The number of nitrogens with zero attached hydrogens (tertiary/aromatic N) is 1. The number of phenolic OH excluding ortho intramolecular Hbond substituents is 1. The zero-order chi connectivity index (χ0) is 24.5. The molecule has 36 heavy (non-hydrogen) atoms. The highest BCUT2D eigenvalue weighted by Crippen LogP contribution is 2.78. The van der Waals surface area contributed by atoms with Crippen LogP contribution in [0, 0.1) is 16.7 Å². The van der Waals surface area contributed by atoms with Crippen molar-refractivity contribution in [2.75, 3.05) is 20.2 Å². The molecule has 2 heterocycles. The summed E-state index contributed by atoms with van der Waals surface area (Å²) in [4.78, 5) is 2.76. The van der Waals surface area contributed by atoms with Gasteiger partial charge >= 0.3 is 0 Å². The highest BCUT2D eigenvalue weighted by Gasteiger charge is 2.82. The number of fused-ring (bicyclic) bond motifs is 1. The fraction of sp³-hybridized carbons (Fsp3) is 0.548. The molecule has 0 radical (unpaired) electrons. The molecule has 5 heteroatoms. The number of methoxy groups -OCH3 is 1. The quantitative estimate of drug-likeness (QED) is 0.610. The lowest BCUT2D eigenvalue weighted by molar-refractivity contribution is -0.270. The second kappa shape index (κ2) is 6.75. The lowest BCUT2D eigenvalue weighted by Gasteiger charge is -2.74. The summed E-state index contributed by atoms with van der Waals surface area (Å²) in [5.41, 5.74) is 1.56. The third kappa shape index (κ3) is 2.22. The predicted octanol–water partition coefficient (Wildman–Crippen LogP) is 4.52. The van der Waals surface area contributed by atoms with Gasteiger partial charge in [0.15, 0.2) is 11.5 Å². The molecule has 9 rings (SSSR count). The number of ether oxygens (including phenoxy) is 2. The molecule has 1 saturated heterocycles. The number of likely N-dealkylation sites (tertiary alicyclic amines) is 1. The van der Waals surface area contributed by atoms with Gasteiger partial charge in [0.2, 0.25) is 0 Å². The van der Waals surface area contributed by atoms with Crippen molar-refractivity contribution in [2.45, 2.75) is 68.3 Å². The van der Waals surface area contributed by atoms with Gasteiger partial charge in [-0.1, -0.05) is 55.5 Å². The number of rotatable bonds is 5. The van der Waals surface area contributed by atoms with Crippen LogP contribution in [0.1, 0.15) is 55.4 Å². The fourth-order valence-corrected chi connectivity index (χ4v) is 9.54. The van der Waals surface area contributed by atoms with Crippen LogP contribution in [0.15, 0.2) is 54.6 Å². The minimum atomic E-state index is -0.826. The molecule has 5 nitrogen and oxygen atoms in total. The average molecular weight is 486 g/mol. The fourth-order valence-electron chi connectivity index (χ4n) is 9.54. The Balaban J connectivity index is 1.38. The van der Waals surface area contributed by atoms with Crippen molar-refractivity contribution in [1.82, 2.24) is 4.90 Å². The molecule has 4 bridgehead atoms. The topological polar surface area (TPSA) is 62.2 Å². The van der Waals surface area contributed by atoms with E-state index in [1.54, 1.807) is 7.11 Å². The highest BCUT2D eigenvalue weighted by molar-refractivity contribution is 5.65. The monoisotopic (exact) mass is 485 g/mol. The van der Waals surface area contributed by atoms with Crippen LogP contribution >= 0.6 is 0 Å². The second-order valence-corrected chi connectivity index (χ2v) is 12.6. The second-order valence-electron chi connectivity index (χ2n) is 12.6. The molecule has 3 fully saturated rings. The van der Waals surface area contributed by atoms with Crippen molar-refractivity contribution in [3.63, 3.8) is 0 Å². The standard InChI is InChI=1S/C31H35NO4/c1-28(26(34)20-6-4-3-5-7-20)18-29-12-13-31(28,35-2)27-30(29)14-15-32(17-19-8-9-19)23(29)16-21-10-11-22(33)25(36-27)24(21)30/h3-7,10-13,19,23,26-27,33-34H,8-9,14-18H2,1-2H3/t23-,26+,27-,28-,29-,30+,31+/m0/s1. The average Bonchev–Trinajstić information content (AvgIpc) is 3.64. The SMILES string of the molecule is CO[C@@]12C=C[C@]3(C[C@@]1(C)[C@H](O)c1ccccc1)[C@@H]1Cc4ccc(O)c5c4[C@]3(CCN1CC1CC1)[C@@H]2O5. The Morgan fingerprint density at radius 3 is 2.69 bits per heavy atom. The molecule has 0 amide bonds. The third-order valence-corrected chi connectivity index (χ3v) is 11.2. The van der Waals surface area contributed by atoms with Crippen LogP contribution in [0.4, 0.5) is 0 Å². The minimum absolute atomic E-state index is 0.193. The summed E-state index contributed by atoms with van der Waals surface area (Å²) in [7, 11) is 1.77. The maximum Gasteiger partial charge on any atom is 0.165 e. The van der Waals surface area contributed by atoms with Crippen molar-refractivity contribution in [1.29, 1.82) is 0 Å². The Morgan fingerprint density at radius 1 is 1.14 bits per heavy atom. The molecule has 188 valence electrons. The summed E-state index contributed by atoms with van der Waals surface area (Å²) in [6.07, 6.45) is 9.13. The van der Waals surface area contributed by atoms with Gasteiger partial charge < -0.3 is 19.7 Å². The molecule has 2 aromatic rings. The van der Waals surface area contributed by atoms with Gasteiger partial charge in [-0.15, -0.1) is 0 Å².